The van der Waals surface area contributed by atoms with Crippen LogP contribution in [0.4, 0.5) is 5.69 Å². The van der Waals surface area contributed by atoms with Crippen molar-refractivity contribution in [3.05, 3.63) is 78.4 Å². The summed E-state index contributed by atoms with van der Waals surface area (Å²) in [5.41, 5.74) is 0.885. The van der Waals surface area contributed by atoms with E-state index in [9.17, 15) is 14.4 Å². The van der Waals surface area contributed by atoms with Gasteiger partial charge in [0.15, 0.2) is 17.3 Å². The average Bonchev–Trinajstić information content (AvgIpc) is 3.39. The number of hydrogen-bond acceptors (Lipinski definition) is 7. The molecule has 3 aliphatic rings. The molecule has 6 rings (SSSR count). The highest BCUT2D eigenvalue weighted by molar-refractivity contribution is 6.27. The van der Waals surface area contributed by atoms with Crippen LogP contribution in [0.1, 0.15) is 10.4 Å². The number of hydrogen-bond donors (Lipinski definition) is 0. The van der Waals surface area contributed by atoms with E-state index in [2.05, 4.69) is 5.10 Å². The highest BCUT2D eigenvalue weighted by Gasteiger charge is 2.64. The Morgan fingerprint density at radius 2 is 1.64 bits per heavy atom. The van der Waals surface area contributed by atoms with Gasteiger partial charge in [0.1, 0.15) is 6.04 Å². The van der Waals surface area contributed by atoms with Crippen LogP contribution in [0.5, 0.6) is 11.5 Å². The number of nitrogens with zero attached hydrogens (tertiary/aromatic N) is 3. The molecule has 3 heterocycles. The summed E-state index contributed by atoms with van der Waals surface area (Å²) in [6, 6.07) is 16.6. The van der Waals surface area contributed by atoms with Crippen molar-refractivity contribution in [1.82, 2.24) is 5.01 Å². The molecule has 2 amide bonds. The Morgan fingerprint density at radius 1 is 0.889 bits per heavy atom. The zero-order chi connectivity index (χ0) is 25.0. The van der Waals surface area contributed by atoms with Gasteiger partial charge >= 0.3 is 0 Å². The Bertz CT molecular complexity index is 1470. The van der Waals surface area contributed by atoms with E-state index >= 15 is 0 Å². The molecule has 180 valence electrons. The third-order valence-corrected chi connectivity index (χ3v) is 7.24. The van der Waals surface area contributed by atoms with Crippen LogP contribution in [0, 0.1) is 11.8 Å². The number of benzene rings is 3. The van der Waals surface area contributed by atoms with Crippen LogP contribution in [0.15, 0.2) is 77.9 Å². The molecule has 8 heteroatoms. The van der Waals surface area contributed by atoms with E-state index in [0.29, 0.717) is 22.7 Å². The second-order valence-corrected chi connectivity index (χ2v) is 8.96. The minimum Gasteiger partial charge on any atom is -0.493 e. The first-order valence-electron chi connectivity index (χ1n) is 11.7. The van der Waals surface area contributed by atoms with Gasteiger partial charge in [-0.3, -0.25) is 19.4 Å². The minimum atomic E-state index is -0.935. The lowest BCUT2D eigenvalue weighted by Gasteiger charge is -2.30. The van der Waals surface area contributed by atoms with Crippen LogP contribution in [-0.4, -0.2) is 55.1 Å². The Morgan fingerprint density at radius 3 is 2.44 bits per heavy atom. The van der Waals surface area contributed by atoms with Crippen LogP contribution < -0.4 is 14.4 Å². The predicted octanol–water partition coefficient (Wildman–Crippen LogP) is 3.45. The number of imide groups is 1. The van der Waals surface area contributed by atoms with E-state index in [4.69, 9.17) is 9.47 Å². The van der Waals surface area contributed by atoms with Gasteiger partial charge in [-0.1, -0.05) is 42.5 Å². The first kappa shape index (κ1) is 22.0. The molecule has 0 spiro atoms. The summed E-state index contributed by atoms with van der Waals surface area (Å²) in [5.74, 6) is -1.71. The summed E-state index contributed by atoms with van der Waals surface area (Å²) >= 11 is 0. The summed E-state index contributed by atoms with van der Waals surface area (Å²) < 4.78 is 10.7. The summed E-state index contributed by atoms with van der Waals surface area (Å²) in [5, 5.41) is 7.75. The van der Waals surface area contributed by atoms with E-state index in [0.717, 1.165) is 10.8 Å². The molecule has 0 saturated carbocycles. The van der Waals surface area contributed by atoms with Crippen molar-refractivity contribution in [3.8, 4) is 11.5 Å². The smallest absolute Gasteiger partial charge is 0.240 e. The molecule has 0 aliphatic carbocycles. The average molecular weight is 482 g/mol. The fraction of sp³-hybridized carbons (Fsp3) is 0.214. The molecular weight excluding hydrogens is 458 g/mol. The number of carbonyl (C=O) groups is 3. The molecule has 36 heavy (non-hydrogen) atoms. The lowest BCUT2D eigenvalue weighted by molar-refractivity contribution is -0.123. The van der Waals surface area contributed by atoms with Gasteiger partial charge in [-0.2, -0.15) is 5.10 Å². The molecule has 8 nitrogen and oxygen atoms in total. The Balaban J connectivity index is 1.45. The number of ether oxygens (including phenoxy) is 2. The first-order chi connectivity index (χ1) is 17.5. The van der Waals surface area contributed by atoms with Crippen molar-refractivity contribution in [2.45, 2.75) is 12.1 Å². The van der Waals surface area contributed by atoms with Crippen molar-refractivity contribution in [2.75, 3.05) is 19.1 Å². The van der Waals surface area contributed by atoms with Crippen molar-refractivity contribution < 1.29 is 23.9 Å². The van der Waals surface area contributed by atoms with Gasteiger partial charge in [-0.15, -0.1) is 0 Å². The number of carbonyl (C=O) groups excluding carboxylic acids is 3. The van der Waals surface area contributed by atoms with E-state index in [1.54, 1.807) is 41.6 Å². The Labute approximate surface area is 207 Å². The van der Waals surface area contributed by atoms with Crippen LogP contribution in [-0.2, 0) is 9.59 Å². The zero-order valence-corrected chi connectivity index (χ0v) is 19.7. The zero-order valence-electron chi connectivity index (χ0n) is 19.7. The summed E-state index contributed by atoms with van der Waals surface area (Å²) in [4.78, 5) is 43.0. The molecule has 3 aliphatic heterocycles. The lowest BCUT2D eigenvalue weighted by Crippen LogP contribution is -2.46. The minimum absolute atomic E-state index is 0.304. The third kappa shape index (κ3) is 3.07. The molecule has 4 atom stereocenters. The van der Waals surface area contributed by atoms with Gasteiger partial charge in [0.05, 0.1) is 37.8 Å². The van der Waals surface area contributed by atoms with Crippen LogP contribution in [0.3, 0.4) is 0 Å². The number of fused-ring (bicyclic) bond motifs is 4. The number of hydrazone groups is 1. The van der Waals surface area contributed by atoms with Gasteiger partial charge in [-0.25, -0.2) is 4.90 Å². The maximum Gasteiger partial charge on any atom is 0.240 e. The van der Waals surface area contributed by atoms with Crippen LogP contribution in [0.2, 0.25) is 0 Å². The molecule has 0 radical (unpaired) electrons. The normalized spacial score (nSPS) is 24.3. The highest BCUT2D eigenvalue weighted by Crippen LogP contribution is 2.47. The number of rotatable bonds is 5. The molecule has 0 bridgehead atoms. The summed E-state index contributed by atoms with van der Waals surface area (Å²) in [6.45, 7) is 0. The maximum absolute atomic E-state index is 14.0. The predicted molar refractivity (Wildman–Crippen MR) is 134 cm³/mol. The second-order valence-electron chi connectivity index (χ2n) is 8.96. The Hall–Kier alpha value is -4.46. The number of anilines is 1. The van der Waals surface area contributed by atoms with Crippen molar-refractivity contribution in [1.29, 1.82) is 0 Å². The highest BCUT2D eigenvalue weighted by atomic mass is 16.5. The summed E-state index contributed by atoms with van der Waals surface area (Å²) in [7, 11) is 3.01. The quantitative estimate of drug-likeness (QED) is 0.410. The fourth-order valence-corrected chi connectivity index (χ4v) is 5.64. The van der Waals surface area contributed by atoms with Gasteiger partial charge < -0.3 is 9.47 Å². The number of Topliss-reactive ketones (excluding diaryl/α,β-unsaturated/α-hetero) is 1. The molecule has 3 aromatic carbocycles. The molecule has 0 aromatic heterocycles. The largest absolute Gasteiger partial charge is 0.493 e. The van der Waals surface area contributed by atoms with Gasteiger partial charge in [-0.05, 0) is 35.7 Å². The standard InChI is InChI=1S/C28H23N3O5/c1-35-21-13-12-17(15-22(21)36-2)26(32)25-24-23(20-11-6-14-29-31(20)25)27(33)30(28(24)34)19-10-5-8-16-7-3-4-9-18(16)19/h3-15,20,23-25H,1-2H3/t20-,23-,24-,25-/m1/s1. The van der Waals surface area contributed by atoms with Crippen molar-refractivity contribution in [2.24, 2.45) is 16.9 Å². The second kappa shape index (κ2) is 8.34. The number of allylic oxidation sites excluding steroid dienone is 1. The van der Waals surface area contributed by atoms with Crippen LogP contribution in [0.25, 0.3) is 10.8 Å². The molecular formula is C28H23N3O5. The molecule has 3 aromatic rings. The van der Waals surface area contributed by atoms with E-state index in [1.807, 2.05) is 42.5 Å². The fourth-order valence-electron chi connectivity index (χ4n) is 5.64. The molecule has 2 fully saturated rings. The van der Waals surface area contributed by atoms with E-state index < -0.39 is 29.8 Å². The van der Waals surface area contributed by atoms with Crippen molar-refractivity contribution in [3.63, 3.8) is 0 Å². The molecule has 0 N–H and O–H groups in total. The van der Waals surface area contributed by atoms with Gasteiger partial charge in [0.2, 0.25) is 11.8 Å². The van der Waals surface area contributed by atoms with Crippen molar-refractivity contribution >= 4 is 40.3 Å². The maximum atomic E-state index is 14.0. The third-order valence-electron chi connectivity index (χ3n) is 7.24. The first-order valence-corrected chi connectivity index (χ1v) is 11.7. The SMILES string of the molecule is COc1ccc(C(=O)[C@H]2[C@@H]3C(=O)N(c4cccc5ccccc45)C(=O)[C@@H]3[C@H]3C=CC=NN32)cc1OC. The van der Waals surface area contributed by atoms with E-state index in [1.165, 1.54) is 19.1 Å². The van der Waals surface area contributed by atoms with E-state index in [-0.39, 0.29) is 11.7 Å². The number of methoxy groups -OCH3 is 2. The number of amides is 2. The monoisotopic (exact) mass is 481 g/mol. The lowest BCUT2D eigenvalue weighted by atomic mass is 9.86. The molecule has 2 saturated heterocycles. The molecule has 0 unspecified atom stereocenters. The van der Waals surface area contributed by atoms with Gasteiger partial charge in [0.25, 0.3) is 0 Å². The number of ketones is 1. The summed E-state index contributed by atoms with van der Waals surface area (Å²) in [6.07, 6.45) is 5.16. The Kier molecular flexibility index (Phi) is 5.10. The topological polar surface area (TPSA) is 88.5 Å². The van der Waals surface area contributed by atoms with Gasteiger partial charge in [0, 0.05) is 17.2 Å². The van der Waals surface area contributed by atoms with Crippen LogP contribution >= 0.6 is 0 Å².